The Morgan fingerprint density at radius 3 is 2.71 bits per heavy atom. The van der Waals surface area contributed by atoms with Gasteiger partial charge in [0, 0.05) is 10.0 Å². The summed E-state index contributed by atoms with van der Waals surface area (Å²) in [5, 5.41) is 1.14. The van der Waals surface area contributed by atoms with Gasteiger partial charge in [0.2, 0.25) is 5.91 Å². The molecule has 5 nitrogen and oxygen atoms in total. The lowest BCUT2D eigenvalue weighted by Gasteiger charge is -2.33. The highest BCUT2D eigenvalue weighted by atomic mass is 35.5. The first-order valence-corrected chi connectivity index (χ1v) is 8.81. The van der Waals surface area contributed by atoms with E-state index in [0.717, 1.165) is 0 Å². The monoisotopic (exact) mass is 384 g/mol. The van der Waals surface area contributed by atoms with Gasteiger partial charge < -0.3 is 4.74 Å². The van der Waals surface area contributed by atoms with Gasteiger partial charge in [-0.2, -0.15) is 0 Å². The average molecular weight is 385 g/mol. The predicted molar refractivity (Wildman–Crippen MR) is 95.3 cm³/mol. The summed E-state index contributed by atoms with van der Waals surface area (Å²) >= 11 is 13.7. The minimum absolute atomic E-state index is 0.122. The molecule has 2 heterocycles. The van der Waals surface area contributed by atoms with E-state index in [9.17, 15) is 9.59 Å². The van der Waals surface area contributed by atoms with Gasteiger partial charge in [-0.3, -0.25) is 9.69 Å². The normalized spacial score (nSPS) is 23.3. The number of esters is 1. The van der Waals surface area contributed by atoms with Crippen molar-refractivity contribution in [3.05, 3.63) is 45.1 Å². The van der Waals surface area contributed by atoms with Gasteiger partial charge in [0.25, 0.3) is 0 Å². The third kappa shape index (κ3) is 2.72. The number of ether oxygens (including phenoxy) is 1. The summed E-state index contributed by atoms with van der Waals surface area (Å²) in [6.07, 6.45) is 0. The maximum absolute atomic E-state index is 12.6. The van der Waals surface area contributed by atoms with E-state index in [4.69, 9.17) is 27.9 Å². The van der Waals surface area contributed by atoms with Crippen LogP contribution in [0.15, 0.2) is 34.5 Å². The van der Waals surface area contributed by atoms with Crippen molar-refractivity contribution < 1.29 is 14.3 Å². The molecule has 1 saturated heterocycles. The van der Waals surface area contributed by atoms with Gasteiger partial charge in [-0.1, -0.05) is 41.0 Å². The van der Waals surface area contributed by atoms with E-state index in [-0.39, 0.29) is 11.2 Å². The molecular formula is C16H14Cl2N2O3S. The third-order valence-electron chi connectivity index (χ3n) is 3.92. The maximum atomic E-state index is 12.6. The number of hydrogen-bond donors (Lipinski definition) is 0. The van der Waals surface area contributed by atoms with Crippen molar-refractivity contribution in [3.63, 3.8) is 0 Å². The smallest absolute Gasteiger partial charge is 0.338 e. The van der Waals surface area contributed by atoms with Gasteiger partial charge in [-0.25, -0.2) is 9.79 Å². The Hall–Kier alpha value is -1.50. The fourth-order valence-electron chi connectivity index (χ4n) is 2.79. The number of carbonyl (C=O) groups excluding carboxylic acids is 2. The largest absolute Gasteiger partial charge is 0.466 e. The second kappa shape index (κ2) is 6.43. The van der Waals surface area contributed by atoms with E-state index in [2.05, 4.69) is 4.99 Å². The standard InChI is InChI=1S/C16H14Cl2N2O3S/c1-7-12(15(22)23-3)13(10-5-4-9(17)6-11(10)18)20-14(21)8(2)24-16(20)19-7/h4-6,8,13H,1-3H3. The number of hydrogen-bond acceptors (Lipinski definition) is 5. The number of halogens is 2. The number of methoxy groups -OCH3 is 1. The lowest BCUT2D eigenvalue weighted by atomic mass is 9.94. The van der Waals surface area contributed by atoms with Crippen LogP contribution in [0.2, 0.25) is 10.0 Å². The first-order chi connectivity index (χ1) is 11.3. The number of aliphatic imine (C=N–C) groups is 1. The van der Waals surface area contributed by atoms with Crippen LogP contribution < -0.4 is 0 Å². The fraction of sp³-hybridized carbons (Fsp3) is 0.312. The first-order valence-electron chi connectivity index (χ1n) is 7.17. The molecule has 1 fully saturated rings. The minimum Gasteiger partial charge on any atom is -0.466 e. The van der Waals surface area contributed by atoms with Gasteiger partial charge in [-0.05, 0) is 31.5 Å². The van der Waals surface area contributed by atoms with E-state index >= 15 is 0 Å². The second-order valence-corrected chi connectivity index (χ2v) is 7.57. The van der Waals surface area contributed by atoms with Crippen LogP contribution in [0.4, 0.5) is 0 Å². The number of rotatable bonds is 2. The molecule has 0 bridgehead atoms. The number of carbonyl (C=O) groups is 2. The molecule has 0 saturated carbocycles. The molecule has 0 aliphatic carbocycles. The Morgan fingerprint density at radius 2 is 2.08 bits per heavy atom. The zero-order valence-corrected chi connectivity index (χ0v) is 15.5. The number of amides is 1. The number of fused-ring (bicyclic) bond motifs is 1. The Labute approximate surface area is 153 Å². The molecule has 0 N–H and O–H groups in total. The summed E-state index contributed by atoms with van der Waals surface area (Å²) in [5.41, 5.74) is 1.42. The van der Waals surface area contributed by atoms with Gasteiger partial charge in [-0.15, -0.1) is 0 Å². The van der Waals surface area contributed by atoms with Crippen LogP contribution >= 0.6 is 35.0 Å². The molecule has 2 aliphatic rings. The molecule has 3 rings (SSSR count). The minimum atomic E-state index is -0.681. The highest BCUT2D eigenvalue weighted by Gasteiger charge is 2.46. The molecule has 0 aromatic heterocycles. The topological polar surface area (TPSA) is 59.0 Å². The van der Waals surface area contributed by atoms with Crippen molar-refractivity contribution in [1.29, 1.82) is 0 Å². The van der Waals surface area contributed by atoms with Gasteiger partial charge >= 0.3 is 5.97 Å². The van der Waals surface area contributed by atoms with Gasteiger partial charge in [0.1, 0.15) is 0 Å². The molecular weight excluding hydrogens is 371 g/mol. The van der Waals surface area contributed by atoms with Crippen LogP contribution in [0, 0.1) is 0 Å². The van der Waals surface area contributed by atoms with E-state index in [0.29, 0.717) is 32.0 Å². The molecule has 1 amide bonds. The van der Waals surface area contributed by atoms with Crippen molar-refractivity contribution in [3.8, 4) is 0 Å². The Bertz CT molecular complexity index is 807. The molecule has 0 spiro atoms. The molecule has 1 aromatic carbocycles. The molecule has 24 heavy (non-hydrogen) atoms. The van der Waals surface area contributed by atoms with Gasteiger partial charge in [0.05, 0.1) is 29.7 Å². The number of amidine groups is 1. The number of thioether (sulfide) groups is 1. The lowest BCUT2D eigenvalue weighted by molar-refractivity contribution is -0.137. The van der Waals surface area contributed by atoms with E-state index in [1.54, 1.807) is 25.1 Å². The van der Waals surface area contributed by atoms with Crippen molar-refractivity contribution >= 4 is 52.0 Å². The molecule has 2 aliphatic heterocycles. The van der Waals surface area contributed by atoms with Crippen LogP contribution in [-0.2, 0) is 14.3 Å². The summed E-state index contributed by atoms with van der Waals surface area (Å²) in [4.78, 5) is 30.9. The summed E-state index contributed by atoms with van der Waals surface area (Å²) in [6.45, 7) is 3.53. The Morgan fingerprint density at radius 1 is 1.38 bits per heavy atom. The highest BCUT2D eigenvalue weighted by molar-refractivity contribution is 8.15. The summed E-state index contributed by atoms with van der Waals surface area (Å²) in [5.74, 6) is -0.660. The van der Waals surface area contributed by atoms with Gasteiger partial charge in [0.15, 0.2) is 5.17 Å². The predicted octanol–water partition coefficient (Wildman–Crippen LogP) is 3.82. The van der Waals surface area contributed by atoms with E-state index in [1.807, 2.05) is 6.92 Å². The SMILES string of the molecule is COC(=O)C1=C(C)N=C2SC(C)C(=O)N2C1c1ccc(Cl)cc1Cl. The Balaban J connectivity index is 2.22. The van der Waals surface area contributed by atoms with Crippen LogP contribution in [0.1, 0.15) is 25.5 Å². The van der Waals surface area contributed by atoms with Crippen molar-refractivity contribution in [2.45, 2.75) is 25.1 Å². The van der Waals surface area contributed by atoms with E-state index in [1.165, 1.54) is 23.8 Å². The maximum Gasteiger partial charge on any atom is 0.338 e. The lowest BCUT2D eigenvalue weighted by Crippen LogP contribution is -2.40. The quantitative estimate of drug-likeness (QED) is 0.727. The van der Waals surface area contributed by atoms with Crippen LogP contribution in [0.5, 0.6) is 0 Å². The second-order valence-electron chi connectivity index (χ2n) is 5.42. The molecule has 126 valence electrons. The zero-order valence-electron chi connectivity index (χ0n) is 13.2. The average Bonchev–Trinajstić information content (AvgIpc) is 2.80. The summed E-state index contributed by atoms with van der Waals surface area (Å²) in [6, 6.07) is 4.30. The third-order valence-corrected chi connectivity index (χ3v) is 5.54. The van der Waals surface area contributed by atoms with Crippen LogP contribution in [0.25, 0.3) is 0 Å². The zero-order chi connectivity index (χ0) is 17.6. The highest BCUT2D eigenvalue weighted by Crippen LogP contribution is 2.45. The molecule has 1 aromatic rings. The fourth-order valence-corrected chi connectivity index (χ4v) is 4.33. The molecule has 2 atom stereocenters. The number of benzene rings is 1. The molecule has 2 unspecified atom stereocenters. The van der Waals surface area contributed by atoms with Crippen molar-refractivity contribution in [2.24, 2.45) is 4.99 Å². The van der Waals surface area contributed by atoms with Crippen molar-refractivity contribution in [2.75, 3.05) is 7.11 Å². The first kappa shape index (κ1) is 17.3. The Kier molecular flexibility index (Phi) is 4.64. The number of allylic oxidation sites excluding steroid dienone is 1. The summed E-state index contributed by atoms with van der Waals surface area (Å²) < 4.78 is 4.91. The summed E-state index contributed by atoms with van der Waals surface area (Å²) in [7, 11) is 1.30. The van der Waals surface area contributed by atoms with Crippen LogP contribution in [0.3, 0.4) is 0 Å². The van der Waals surface area contributed by atoms with E-state index < -0.39 is 12.0 Å². The van der Waals surface area contributed by atoms with Crippen molar-refractivity contribution in [1.82, 2.24) is 4.90 Å². The molecule has 8 heteroatoms. The van der Waals surface area contributed by atoms with Crippen LogP contribution in [-0.4, -0.2) is 34.3 Å². The molecule has 0 radical (unpaired) electrons. The number of nitrogens with zero attached hydrogens (tertiary/aromatic N) is 2.